The van der Waals surface area contributed by atoms with Crippen LogP contribution in [-0.2, 0) is 6.54 Å². The molecule has 0 amide bonds. The Balaban J connectivity index is 1.72. The second kappa shape index (κ2) is 5.45. The summed E-state index contributed by atoms with van der Waals surface area (Å²) in [7, 11) is 1.60. The smallest absolute Gasteiger partial charge is 0.218 e. The largest absolute Gasteiger partial charge is 0.481 e. The van der Waals surface area contributed by atoms with E-state index in [9.17, 15) is 4.39 Å². The molecule has 0 bridgehead atoms. The normalized spacial score (nSPS) is 14.1. The van der Waals surface area contributed by atoms with Crippen molar-refractivity contribution in [2.45, 2.75) is 25.3 Å². The van der Waals surface area contributed by atoms with Crippen LogP contribution >= 0.6 is 0 Å². The average Bonchev–Trinajstić information content (AvgIpc) is 3.31. The van der Waals surface area contributed by atoms with E-state index < -0.39 is 0 Å². The van der Waals surface area contributed by atoms with Gasteiger partial charge in [-0.25, -0.2) is 9.37 Å². The maximum atomic E-state index is 12.8. The van der Waals surface area contributed by atoms with Gasteiger partial charge >= 0.3 is 0 Å². The first-order valence-electron chi connectivity index (χ1n) is 6.66. The molecule has 0 radical (unpaired) electrons. The first-order chi connectivity index (χ1) is 9.74. The minimum atomic E-state index is -0.228. The highest BCUT2D eigenvalue weighted by Crippen LogP contribution is 2.39. The zero-order valence-corrected chi connectivity index (χ0v) is 11.3. The van der Waals surface area contributed by atoms with Gasteiger partial charge in [0.2, 0.25) is 5.88 Å². The van der Waals surface area contributed by atoms with E-state index in [1.807, 2.05) is 0 Å². The van der Waals surface area contributed by atoms with Crippen LogP contribution in [0, 0.1) is 5.82 Å². The molecule has 20 heavy (non-hydrogen) atoms. The summed E-state index contributed by atoms with van der Waals surface area (Å²) in [5, 5.41) is 3.22. The summed E-state index contributed by atoms with van der Waals surface area (Å²) in [6.45, 7) is 0.588. The number of nitrogens with zero attached hydrogens (tertiary/aromatic N) is 2. The van der Waals surface area contributed by atoms with E-state index in [1.165, 1.54) is 12.1 Å². The van der Waals surface area contributed by atoms with Gasteiger partial charge in [0.25, 0.3) is 0 Å². The maximum Gasteiger partial charge on any atom is 0.218 e. The van der Waals surface area contributed by atoms with Gasteiger partial charge in [0.1, 0.15) is 17.5 Å². The number of nitrogens with one attached hydrogen (secondary N) is 1. The highest BCUT2D eigenvalue weighted by atomic mass is 19.1. The second-order valence-electron chi connectivity index (χ2n) is 4.91. The van der Waals surface area contributed by atoms with Crippen molar-refractivity contribution in [2.75, 3.05) is 12.4 Å². The van der Waals surface area contributed by atoms with Crippen molar-refractivity contribution in [1.82, 2.24) is 9.97 Å². The lowest BCUT2D eigenvalue weighted by molar-refractivity contribution is 0.395. The zero-order valence-electron chi connectivity index (χ0n) is 11.3. The van der Waals surface area contributed by atoms with Crippen LogP contribution in [0.4, 0.5) is 10.2 Å². The molecule has 0 saturated heterocycles. The molecule has 1 fully saturated rings. The number of methoxy groups -OCH3 is 1. The minimum Gasteiger partial charge on any atom is -0.481 e. The van der Waals surface area contributed by atoms with Crippen LogP contribution < -0.4 is 10.1 Å². The summed E-state index contributed by atoms with van der Waals surface area (Å²) in [6, 6.07) is 8.18. The highest BCUT2D eigenvalue weighted by molar-refractivity contribution is 5.40. The number of hydrogen-bond acceptors (Lipinski definition) is 4. The molecule has 0 atom stereocenters. The lowest BCUT2D eigenvalue weighted by Crippen LogP contribution is -2.05. The van der Waals surface area contributed by atoms with Gasteiger partial charge in [0.05, 0.1) is 7.11 Å². The molecule has 1 aromatic heterocycles. The monoisotopic (exact) mass is 273 g/mol. The van der Waals surface area contributed by atoms with E-state index in [2.05, 4.69) is 15.3 Å². The van der Waals surface area contributed by atoms with Gasteiger partial charge in [-0.05, 0) is 30.5 Å². The van der Waals surface area contributed by atoms with E-state index in [-0.39, 0.29) is 5.82 Å². The Morgan fingerprint density at radius 1 is 1.25 bits per heavy atom. The molecule has 1 heterocycles. The predicted molar refractivity (Wildman–Crippen MR) is 74.3 cm³/mol. The molecule has 0 spiro atoms. The molecule has 5 heteroatoms. The second-order valence-corrected chi connectivity index (χ2v) is 4.91. The fourth-order valence-corrected chi connectivity index (χ4v) is 1.96. The number of hydrogen-bond donors (Lipinski definition) is 1. The van der Waals surface area contributed by atoms with Gasteiger partial charge in [-0.1, -0.05) is 12.1 Å². The fraction of sp³-hybridized carbons (Fsp3) is 0.333. The summed E-state index contributed by atoms with van der Waals surface area (Å²) in [6.07, 6.45) is 2.29. The third kappa shape index (κ3) is 3.04. The molecule has 1 aliphatic rings. The summed E-state index contributed by atoms with van der Waals surface area (Å²) in [5.74, 6) is 2.39. The van der Waals surface area contributed by atoms with Crippen molar-refractivity contribution in [2.24, 2.45) is 0 Å². The maximum absolute atomic E-state index is 12.8. The summed E-state index contributed by atoms with van der Waals surface area (Å²) >= 11 is 0. The van der Waals surface area contributed by atoms with Gasteiger partial charge in [-0.15, -0.1) is 0 Å². The van der Waals surface area contributed by atoms with Crippen LogP contribution in [0.25, 0.3) is 0 Å². The van der Waals surface area contributed by atoms with Crippen molar-refractivity contribution >= 4 is 5.82 Å². The Morgan fingerprint density at radius 2 is 2.00 bits per heavy atom. The molecule has 4 nitrogen and oxygen atoms in total. The Hall–Kier alpha value is -2.17. The van der Waals surface area contributed by atoms with E-state index >= 15 is 0 Å². The lowest BCUT2D eigenvalue weighted by Gasteiger charge is -2.09. The van der Waals surface area contributed by atoms with Crippen molar-refractivity contribution in [3.05, 3.63) is 47.5 Å². The Bertz CT molecular complexity index is 597. The molecule has 104 valence electrons. The minimum absolute atomic E-state index is 0.228. The average molecular weight is 273 g/mol. The van der Waals surface area contributed by atoms with Crippen molar-refractivity contribution < 1.29 is 9.13 Å². The van der Waals surface area contributed by atoms with Crippen LogP contribution in [0.15, 0.2) is 30.3 Å². The molecular weight excluding hydrogens is 257 g/mol. The molecular formula is C15H16FN3O. The Kier molecular flexibility index (Phi) is 3.50. The number of aromatic nitrogens is 2. The number of halogens is 1. The number of rotatable bonds is 5. The standard InChI is InChI=1S/C15H16FN3O/c1-20-14-8-13(18-15(19-14)11-4-5-11)17-9-10-2-6-12(16)7-3-10/h2-3,6-8,11H,4-5,9H2,1H3,(H,17,18,19). The fourth-order valence-electron chi connectivity index (χ4n) is 1.96. The van der Waals surface area contributed by atoms with Gasteiger partial charge < -0.3 is 10.1 Å². The quantitative estimate of drug-likeness (QED) is 0.909. The van der Waals surface area contributed by atoms with E-state index in [0.717, 1.165) is 30.0 Å². The molecule has 1 aromatic carbocycles. The summed E-state index contributed by atoms with van der Waals surface area (Å²) in [4.78, 5) is 8.86. The SMILES string of the molecule is COc1cc(NCc2ccc(F)cc2)nc(C2CC2)n1. The van der Waals surface area contributed by atoms with Crippen LogP contribution in [0.1, 0.15) is 30.1 Å². The van der Waals surface area contributed by atoms with Crippen molar-refractivity contribution in [3.8, 4) is 5.88 Å². The van der Waals surface area contributed by atoms with Gasteiger partial charge in [0.15, 0.2) is 0 Å². The van der Waals surface area contributed by atoms with E-state index in [4.69, 9.17) is 4.74 Å². The molecule has 0 unspecified atom stereocenters. The van der Waals surface area contributed by atoms with Gasteiger partial charge in [0, 0.05) is 18.5 Å². The molecule has 1 N–H and O–H groups in total. The molecule has 0 aliphatic heterocycles. The van der Waals surface area contributed by atoms with Crippen LogP contribution in [0.2, 0.25) is 0 Å². The zero-order chi connectivity index (χ0) is 13.9. The first-order valence-corrected chi connectivity index (χ1v) is 6.66. The Labute approximate surface area is 117 Å². The molecule has 2 aromatic rings. The number of anilines is 1. The lowest BCUT2D eigenvalue weighted by atomic mass is 10.2. The summed E-state index contributed by atoms with van der Waals surface area (Å²) in [5.41, 5.74) is 0.997. The van der Waals surface area contributed by atoms with E-state index in [1.54, 1.807) is 25.3 Å². The third-order valence-electron chi connectivity index (χ3n) is 3.26. The third-order valence-corrected chi connectivity index (χ3v) is 3.26. The van der Waals surface area contributed by atoms with Crippen LogP contribution in [-0.4, -0.2) is 17.1 Å². The number of ether oxygens (including phenoxy) is 1. The van der Waals surface area contributed by atoms with Crippen molar-refractivity contribution in [1.29, 1.82) is 0 Å². The highest BCUT2D eigenvalue weighted by Gasteiger charge is 2.27. The molecule has 1 aliphatic carbocycles. The number of benzene rings is 1. The Morgan fingerprint density at radius 3 is 2.65 bits per heavy atom. The molecule has 3 rings (SSSR count). The van der Waals surface area contributed by atoms with Gasteiger partial charge in [-0.3, -0.25) is 0 Å². The summed E-state index contributed by atoms with van der Waals surface area (Å²) < 4.78 is 18.0. The van der Waals surface area contributed by atoms with Crippen LogP contribution in [0.5, 0.6) is 5.88 Å². The molecule has 1 saturated carbocycles. The van der Waals surface area contributed by atoms with Crippen LogP contribution in [0.3, 0.4) is 0 Å². The van der Waals surface area contributed by atoms with Gasteiger partial charge in [-0.2, -0.15) is 4.98 Å². The van der Waals surface area contributed by atoms with E-state index in [0.29, 0.717) is 18.3 Å². The van der Waals surface area contributed by atoms with Crippen molar-refractivity contribution in [3.63, 3.8) is 0 Å². The predicted octanol–water partition coefficient (Wildman–Crippen LogP) is 3.11. The first kappa shape index (κ1) is 12.8. The topological polar surface area (TPSA) is 47.0 Å².